The van der Waals surface area contributed by atoms with Crippen LogP contribution in [0.25, 0.3) is 0 Å². The molecular formula is C16H22ClFO. The third-order valence-corrected chi connectivity index (χ3v) is 4.34. The molecule has 1 saturated carbocycles. The first-order chi connectivity index (χ1) is 9.15. The van der Waals surface area contributed by atoms with E-state index in [0.29, 0.717) is 12.3 Å². The lowest BCUT2D eigenvalue weighted by Gasteiger charge is -2.18. The molecule has 2 rings (SSSR count). The Morgan fingerprint density at radius 2 is 1.89 bits per heavy atom. The lowest BCUT2D eigenvalue weighted by atomic mass is 9.91. The van der Waals surface area contributed by atoms with Crippen LogP contribution in [0.4, 0.5) is 4.39 Å². The molecule has 1 atom stereocenters. The number of aliphatic hydroxyl groups excluding tert-OH is 1. The zero-order valence-corrected chi connectivity index (χ0v) is 12.0. The van der Waals surface area contributed by atoms with Crippen LogP contribution in [0.2, 0.25) is 5.02 Å². The van der Waals surface area contributed by atoms with Gasteiger partial charge in [-0.2, -0.15) is 0 Å². The van der Waals surface area contributed by atoms with E-state index in [9.17, 15) is 9.50 Å². The molecule has 0 saturated heterocycles. The van der Waals surface area contributed by atoms with Crippen LogP contribution in [0.3, 0.4) is 0 Å². The summed E-state index contributed by atoms with van der Waals surface area (Å²) in [6.45, 7) is 0. The van der Waals surface area contributed by atoms with Crippen molar-refractivity contribution in [1.82, 2.24) is 0 Å². The van der Waals surface area contributed by atoms with Gasteiger partial charge in [-0.05, 0) is 36.5 Å². The molecule has 106 valence electrons. The van der Waals surface area contributed by atoms with E-state index in [2.05, 4.69) is 0 Å². The summed E-state index contributed by atoms with van der Waals surface area (Å²) in [6, 6.07) is 4.78. The second-order valence-corrected chi connectivity index (χ2v) is 6.11. The third-order valence-electron chi connectivity index (χ3n) is 4.04. The molecule has 1 aliphatic carbocycles. The van der Waals surface area contributed by atoms with Crippen LogP contribution in [-0.4, -0.2) is 11.2 Å². The maximum atomic E-state index is 13.3. The molecule has 0 aromatic heterocycles. The Kier molecular flexibility index (Phi) is 5.65. The Bertz CT molecular complexity index is 400. The summed E-state index contributed by atoms with van der Waals surface area (Å²) in [4.78, 5) is 0. The highest BCUT2D eigenvalue weighted by molar-refractivity contribution is 6.30. The van der Waals surface area contributed by atoms with Gasteiger partial charge in [0.05, 0.1) is 11.1 Å². The van der Waals surface area contributed by atoms with Crippen molar-refractivity contribution in [1.29, 1.82) is 0 Å². The minimum Gasteiger partial charge on any atom is -0.393 e. The molecule has 0 aliphatic heterocycles. The van der Waals surface area contributed by atoms with Gasteiger partial charge >= 0.3 is 0 Å². The Balaban J connectivity index is 1.85. The normalized spacial score (nSPS) is 19.1. The zero-order valence-electron chi connectivity index (χ0n) is 11.2. The fraction of sp³-hybridized carbons (Fsp3) is 0.625. The topological polar surface area (TPSA) is 20.2 Å². The van der Waals surface area contributed by atoms with Crippen LogP contribution in [0.15, 0.2) is 18.2 Å². The molecule has 1 fully saturated rings. The highest BCUT2D eigenvalue weighted by Crippen LogP contribution is 2.27. The van der Waals surface area contributed by atoms with Crippen molar-refractivity contribution >= 4 is 11.6 Å². The SMILES string of the molecule is OC(Cc1ccc(Cl)c(F)c1)CC1CCCCCC1. The molecule has 1 N–H and O–H groups in total. The molecule has 0 bridgehead atoms. The monoisotopic (exact) mass is 284 g/mol. The standard InChI is InChI=1S/C16H22ClFO/c17-15-8-7-13(11-16(15)18)10-14(19)9-12-5-3-1-2-4-6-12/h7-8,11-12,14,19H,1-6,9-10H2. The highest BCUT2D eigenvalue weighted by Gasteiger charge is 2.17. The van der Waals surface area contributed by atoms with Crippen LogP contribution in [0, 0.1) is 11.7 Å². The first kappa shape index (κ1) is 14.8. The van der Waals surface area contributed by atoms with Crippen molar-refractivity contribution in [3.05, 3.63) is 34.6 Å². The summed E-state index contributed by atoms with van der Waals surface area (Å²) in [7, 11) is 0. The minimum absolute atomic E-state index is 0.141. The molecule has 1 aromatic carbocycles. The molecule has 0 spiro atoms. The van der Waals surface area contributed by atoms with Crippen molar-refractivity contribution in [3.63, 3.8) is 0 Å². The number of hydrogen-bond acceptors (Lipinski definition) is 1. The Labute approximate surface area is 119 Å². The quantitative estimate of drug-likeness (QED) is 0.792. The molecule has 0 radical (unpaired) electrons. The molecule has 0 heterocycles. The molecule has 3 heteroatoms. The third kappa shape index (κ3) is 4.77. The van der Waals surface area contributed by atoms with Gasteiger partial charge in [0, 0.05) is 0 Å². The number of hydrogen-bond donors (Lipinski definition) is 1. The van der Waals surface area contributed by atoms with Gasteiger partial charge in [-0.15, -0.1) is 0 Å². The van der Waals surface area contributed by atoms with Gasteiger partial charge in [0.15, 0.2) is 0 Å². The maximum absolute atomic E-state index is 13.3. The van der Waals surface area contributed by atoms with Crippen molar-refractivity contribution in [2.75, 3.05) is 0 Å². The summed E-state index contributed by atoms with van der Waals surface area (Å²) in [5, 5.41) is 10.3. The van der Waals surface area contributed by atoms with Gasteiger partial charge in [-0.25, -0.2) is 4.39 Å². The van der Waals surface area contributed by atoms with E-state index < -0.39 is 5.82 Å². The van der Waals surface area contributed by atoms with Crippen LogP contribution in [0.5, 0.6) is 0 Å². The molecule has 0 amide bonds. The van der Waals surface area contributed by atoms with Crippen LogP contribution >= 0.6 is 11.6 Å². The fourth-order valence-electron chi connectivity index (χ4n) is 3.01. The molecule has 19 heavy (non-hydrogen) atoms. The number of halogens is 2. The number of aliphatic hydroxyl groups is 1. The fourth-order valence-corrected chi connectivity index (χ4v) is 3.12. The number of rotatable bonds is 4. The van der Waals surface area contributed by atoms with E-state index in [-0.39, 0.29) is 11.1 Å². The van der Waals surface area contributed by atoms with E-state index in [1.807, 2.05) is 0 Å². The maximum Gasteiger partial charge on any atom is 0.142 e. The van der Waals surface area contributed by atoms with Crippen LogP contribution < -0.4 is 0 Å². The van der Waals surface area contributed by atoms with Gasteiger partial charge in [-0.1, -0.05) is 56.2 Å². The largest absolute Gasteiger partial charge is 0.393 e. The van der Waals surface area contributed by atoms with Crippen LogP contribution in [0.1, 0.15) is 50.5 Å². The van der Waals surface area contributed by atoms with E-state index in [4.69, 9.17) is 11.6 Å². The summed E-state index contributed by atoms with van der Waals surface area (Å²) in [5.41, 5.74) is 0.822. The van der Waals surface area contributed by atoms with Crippen molar-refractivity contribution in [2.24, 2.45) is 5.92 Å². The smallest absolute Gasteiger partial charge is 0.142 e. The average Bonchev–Trinajstić information content (AvgIpc) is 2.62. The van der Waals surface area contributed by atoms with Gasteiger partial charge < -0.3 is 5.11 Å². The first-order valence-corrected chi connectivity index (χ1v) is 7.65. The average molecular weight is 285 g/mol. The summed E-state index contributed by atoms with van der Waals surface area (Å²) >= 11 is 5.65. The van der Waals surface area contributed by atoms with Crippen molar-refractivity contribution in [2.45, 2.75) is 57.5 Å². The predicted molar refractivity (Wildman–Crippen MR) is 76.9 cm³/mol. The van der Waals surface area contributed by atoms with E-state index in [1.165, 1.54) is 44.6 Å². The number of benzene rings is 1. The Hall–Kier alpha value is -0.600. The van der Waals surface area contributed by atoms with Gasteiger partial charge in [-0.3, -0.25) is 0 Å². The lowest BCUT2D eigenvalue weighted by Crippen LogP contribution is -2.16. The van der Waals surface area contributed by atoms with Gasteiger partial charge in [0.25, 0.3) is 0 Å². The second kappa shape index (κ2) is 7.25. The molecular weight excluding hydrogens is 263 g/mol. The zero-order chi connectivity index (χ0) is 13.7. The molecule has 1 aromatic rings. The van der Waals surface area contributed by atoms with Crippen LogP contribution in [-0.2, 0) is 6.42 Å². The van der Waals surface area contributed by atoms with Gasteiger partial charge in [0.1, 0.15) is 5.82 Å². The highest BCUT2D eigenvalue weighted by atomic mass is 35.5. The van der Waals surface area contributed by atoms with Gasteiger partial charge in [0.2, 0.25) is 0 Å². The molecule has 1 aliphatic rings. The summed E-state index contributed by atoms with van der Waals surface area (Å²) in [5.74, 6) is 0.232. The predicted octanol–water partition coefficient (Wildman–Crippen LogP) is 4.74. The van der Waals surface area contributed by atoms with E-state index in [0.717, 1.165) is 12.0 Å². The Morgan fingerprint density at radius 3 is 2.53 bits per heavy atom. The minimum atomic E-state index is -0.402. The summed E-state index contributed by atoms with van der Waals surface area (Å²) < 4.78 is 13.3. The van der Waals surface area contributed by atoms with E-state index in [1.54, 1.807) is 12.1 Å². The first-order valence-electron chi connectivity index (χ1n) is 7.27. The summed E-state index contributed by atoms with van der Waals surface area (Å²) in [6.07, 6.45) is 8.67. The lowest BCUT2D eigenvalue weighted by molar-refractivity contribution is 0.137. The molecule has 1 unspecified atom stereocenters. The second-order valence-electron chi connectivity index (χ2n) is 5.70. The Morgan fingerprint density at radius 1 is 1.21 bits per heavy atom. The van der Waals surface area contributed by atoms with E-state index >= 15 is 0 Å². The molecule has 1 nitrogen and oxygen atoms in total. The van der Waals surface area contributed by atoms with Crippen molar-refractivity contribution < 1.29 is 9.50 Å². The van der Waals surface area contributed by atoms with Crippen molar-refractivity contribution in [3.8, 4) is 0 Å².